The fraction of sp³-hybridized carbons (Fsp3) is 0.417. The van der Waals surface area contributed by atoms with Crippen molar-refractivity contribution in [1.82, 2.24) is 5.32 Å². The maximum absolute atomic E-state index is 11.8. The van der Waals surface area contributed by atoms with Crippen LogP contribution in [0.3, 0.4) is 0 Å². The number of carbonyl (C=O) groups is 1. The molecule has 1 amide bonds. The van der Waals surface area contributed by atoms with E-state index in [1.165, 1.54) is 0 Å². The van der Waals surface area contributed by atoms with E-state index in [9.17, 15) is 4.79 Å². The van der Waals surface area contributed by atoms with Crippen molar-refractivity contribution in [3.05, 3.63) is 28.2 Å². The lowest BCUT2D eigenvalue weighted by Crippen LogP contribution is -2.40. The summed E-state index contributed by atoms with van der Waals surface area (Å²) in [6, 6.07) is 5.13. The predicted octanol–water partition coefficient (Wildman–Crippen LogP) is 2.31. The molecule has 0 bridgehead atoms. The number of ether oxygens (including phenoxy) is 1. The maximum Gasteiger partial charge on any atom is 0.227 e. The smallest absolute Gasteiger partial charge is 0.227 e. The zero-order valence-electron chi connectivity index (χ0n) is 9.71. The maximum atomic E-state index is 11.8. The van der Waals surface area contributed by atoms with E-state index in [4.69, 9.17) is 27.9 Å². The van der Waals surface area contributed by atoms with Gasteiger partial charge >= 0.3 is 0 Å². The molecular formula is C12H14Cl2N2O2. The summed E-state index contributed by atoms with van der Waals surface area (Å²) in [6.45, 7) is 2.16. The molecule has 1 heterocycles. The molecule has 1 saturated heterocycles. The molecule has 18 heavy (non-hydrogen) atoms. The van der Waals surface area contributed by atoms with Crippen LogP contribution in [0.2, 0.25) is 10.0 Å². The number of benzene rings is 1. The van der Waals surface area contributed by atoms with E-state index in [-0.39, 0.29) is 12.0 Å². The highest BCUT2D eigenvalue weighted by molar-refractivity contribution is 6.43. The van der Waals surface area contributed by atoms with Gasteiger partial charge in [-0.1, -0.05) is 29.3 Å². The molecule has 2 N–H and O–H groups in total. The van der Waals surface area contributed by atoms with Crippen LogP contribution in [0.25, 0.3) is 0 Å². The van der Waals surface area contributed by atoms with E-state index in [1.807, 2.05) is 0 Å². The van der Waals surface area contributed by atoms with Crippen LogP contribution in [0, 0.1) is 0 Å². The Morgan fingerprint density at radius 3 is 3.06 bits per heavy atom. The lowest BCUT2D eigenvalue weighted by molar-refractivity contribution is -0.119. The molecule has 98 valence electrons. The van der Waals surface area contributed by atoms with Crippen LogP contribution < -0.4 is 10.6 Å². The molecule has 1 unspecified atom stereocenters. The largest absolute Gasteiger partial charge is 0.375 e. The Morgan fingerprint density at radius 2 is 2.33 bits per heavy atom. The fourth-order valence-corrected chi connectivity index (χ4v) is 2.11. The van der Waals surface area contributed by atoms with Crippen LogP contribution in [0.15, 0.2) is 18.2 Å². The van der Waals surface area contributed by atoms with E-state index in [0.29, 0.717) is 35.3 Å². The van der Waals surface area contributed by atoms with Gasteiger partial charge in [-0.05, 0) is 12.1 Å². The molecule has 1 aromatic rings. The van der Waals surface area contributed by atoms with Crippen molar-refractivity contribution in [3.63, 3.8) is 0 Å². The van der Waals surface area contributed by atoms with Gasteiger partial charge in [0.1, 0.15) is 0 Å². The number of amides is 1. The number of hydrogen-bond donors (Lipinski definition) is 2. The third-order valence-corrected chi connectivity index (χ3v) is 3.46. The molecule has 0 saturated carbocycles. The van der Waals surface area contributed by atoms with Crippen molar-refractivity contribution < 1.29 is 9.53 Å². The SMILES string of the molecule is O=C(CC1CNCCO1)Nc1cccc(Cl)c1Cl. The Kier molecular flexibility index (Phi) is 4.83. The number of morpholine rings is 1. The Labute approximate surface area is 116 Å². The number of hydrogen-bond acceptors (Lipinski definition) is 3. The molecule has 0 radical (unpaired) electrons. The molecule has 1 fully saturated rings. The van der Waals surface area contributed by atoms with Crippen molar-refractivity contribution >= 4 is 34.8 Å². The lowest BCUT2D eigenvalue weighted by Gasteiger charge is -2.23. The summed E-state index contributed by atoms with van der Waals surface area (Å²) in [6.07, 6.45) is 0.215. The molecule has 6 heteroatoms. The Morgan fingerprint density at radius 1 is 1.50 bits per heavy atom. The van der Waals surface area contributed by atoms with Gasteiger partial charge in [0.05, 0.1) is 34.9 Å². The van der Waals surface area contributed by atoms with Crippen LogP contribution in [-0.4, -0.2) is 31.7 Å². The third kappa shape index (κ3) is 3.59. The zero-order chi connectivity index (χ0) is 13.0. The van der Waals surface area contributed by atoms with Crippen molar-refractivity contribution in [2.24, 2.45) is 0 Å². The van der Waals surface area contributed by atoms with Crippen LogP contribution in [0.5, 0.6) is 0 Å². The highest BCUT2D eigenvalue weighted by atomic mass is 35.5. The molecule has 1 aliphatic heterocycles. The standard InChI is InChI=1S/C12H14Cl2N2O2/c13-9-2-1-3-10(12(9)14)16-11(17)6-8-7-15-4-5-18-8/h1-3,8,15H,4-7H2,(H,16,17). The first-order valence-corrected chi connectivity index (χ1v) is 6.48. The van der Waals surface area contributed by atoms with E-state index in [0.717, 1.165) is 6.54 Å². The third-order valence-electron chi connectivity index (χ3n) is 2.64. The van der Waals surface area contributed by atoms with Crippen LogP contribution in [-0.2, 0) is 9.53 Å². The van der Waals surface area contributed by atoms with Gasteiger partial charge in [0.2, 0.25) is 5.91 Å². The van der Waals surface area contributed by atoms with Crippen LogP contribution in [0.4, 0.5) is 5.69 Å². The molecule has 0 aromatic heterocycles. The molecule has 1 atom stereocenters. The van der Waals surface area contributed by atoms with Crippen molar-refractivity contribution in [3.8, 4) is 0 Å². The topological polar surface area (TPSA) is 50.4 Å². The zero-order valence-corrected chi connectivity index (χ0v) is 11.2. The minimum absolute atomic E-state index is 0.0864. The summed E-state index contributed by atoms with van der Waals surface area (Å²) in [5.74, 6) is -0.132. The van der Waals surface area contributed by atoms with E-state index in [2.05, 4.69) is 10.6 Å². The summed E-state index contributed by atoms with van der Waals surface area (Å²) in [4.78, 5) is 11.8. The van der Waals surface area contributed by atoms with E-state index in [1.54, 1.807) is 18.2 Å². The fourth-order valence-electron chi connectivity index (χ4n) is 1.76. The summed E-state index contributed by atoms with van der Waals surface area (Å²) in [5, 5.41) is 6.69. The minimum Gasteiger partial charge on any atom is -0.375 e. The number of anilines is 1. The van der Waals surface area contributed by atoms with Gasteiger partial charge in [0.15, 0.2) is 0 Å². The highest BCUT2D eigenvalue weighted by Crippen LogP contribution is 2.29. The predicted molar refractivity (Wildman–Crippen MR) is 72.3 cm³/mol. The van der Waals surface area contributed by atoms with Gasteiger partial charge in [-0.15, -0.1) is 0 Å². The molecule has 2 rings (SSSR count). The molecular weight excluding hydrogens is 275 g/mol. The van der Waals surface area contributed by atoms with Crippen molar-refractivity contribution in [1.29, 1.82) is 0 Å². The van der Waals surface area contributed by atoms with Gasteiger partial charge in [-0.2, -0.15) is 0 Å². The lowest BCUT2D eigenvalue weighted by atomic mass is 10.2. The van der Waals surface area contributed by atoms with Gasteiger partial charge in [0, 0.05) is 13.1 Å². The number of halogens is 2. The summed E-state index contributed by atoms with van der Waals surface area (Å²) >= 11 is 11.9. The molecule has 0 spiro atoms. The molecule has 1 aromatic carbocycles. The van der Waals surface area contributed by atoms with E-state index >= 15 is 0 Å². The summed E-state index contributed by atoms with van der Waals surface area (Å²) in [5.41, 5.74) is 0.526. The summed E-state index contributed by atoms with van der Waals surface area (Å²) < 4.78 is 5.46. The highest BCUT2D eigenvalue weighted by Gasteiger charge is 2.18. The second-order valence-corrected chi connectivity index (χ2v) is 4.84. The van der Waals surface area contributed by atoms with Gasteiger partial charge in [-0.3, -0.25) is 4.79 Å². The average Bonchev–Trinajstić information content (AvgIpc) is 2.36. The Balaban J connectivity index is 1.92. The number of rotatable bonds is 3. The van der Waals surface area contributed by atoms with Crippen LogP contribution in [0.1, 0.15) is 6.42 Å². The quantitative estimate of drug-likeness (QED) is 0.897. The van der Waals surface area contributed by atoms with Gasteiger partial charge in [0.25, 0.3) is 0 Å². The monoisotopic (exact) mass is 288 g/mol. The van der Waals surface area contributed by atoms with E-state index < -0.39 is 0 Å². The first kappa shape index (κ1) is 13.6. The normalized spacial score (nSPS) is 19.6. The number of nitrogens with one attached hydrogen (secondary N) is 2. The van der Waals surface area contributed by atoms with Crippen molar-refractivity contribution in [2.75, 3.05) is 25.0 Å². The van der Waals surface area contributed by atoms with Gasteiger partial charge < -0.3 is 15.4 Å². The Bertz CT molecular complexity index is 434. The molecule has 1 aliphatic rings. The van der Waals surface area contributed by atoms with Crippen molar-refractivity contribution in [2.45, 2.75) is 12.5 Å². The molecule has 4 nitrogen and oxygen atoms in total. The first-order valence-electron chi connectivity index (χ1n) is 5.73. The Hall–Kier alpha value is -0.810. The molecule has 0 aliphatic carbocycles. The minimum atomic E-state index is -0.132. The number of carbonyl (C=O) groups excluding carboxylic acids is 1. The summed E-state index contributed by atoms with van der Waals surface area (Å²) in [7, 11) is 0. The second-order valence-electron chi connectivity index (χ2n) is 4.05. The van der Waals surface area contributed by atoms with Crippen LogP contribution >= 0.6 is 23.2 Å². The van der Waals surface area contributed by atoms with Gasteiger partial charge in [-0.25, -0.2) is 0 Å². The first-order chi connectivity index (χ1) is 8.66. The second kappa shape index (κ2) is 6.38. The average molecular weight is 289 g/mol.